The topological polar surface area (TPSA) is 128 Å². The summed E-state index contributed by atoms with van der Waals surface area (Å²) in [5.74, 6) is 1.28. The number of hydrogen-bond donors (Lipinski definition) is 2. The van der Waals surface area contributed by atoms with E-state index in [1.54, 1.807) is 11.3 Å². The summed E-state index contributed by atoms with van der Waals surface area (Å²) >= 11 is 1.55. The molecule has 1 aliphatic carbocycles. The molecular weight excluding hydrogens is 531 g/mol. The van der Waals surface area contributed by atoms with Gasteiger partial charge in [0, 0.05) is 61.5 Å². The average Bonchev–Trinajstić information content (AvgIpc) is 3.64. The second-order valence-corrected chi connectivity index (χ2v) is 13.6. The van der Waals surface area contributed by atoms with Gasteiger partial charge in [0.2, 0.25) is 11.9 Å². The van der Waals surface area contributed by atoms with Crippen LogP contribution in [0.3, 0.4) is 0 Å². The van der Waals surface area contributed by atoms with Crippen molar-refractivity contribution in [1.82, 2.24) is 19.9 Å². The van der Waals surface area contributed by atoms with E-state index in [2.05, 4.69) is 27.7 Å². The van der Waals surface area contributed by atoms with Crippen LogP contribution in [0.5, 0.6) is 6.01 Å². The minimum absolute atomic E-state index is 0.0833. The normalized spacial score (nSPS) is 30.8. The van der Waals surface area contributed by atoms with E-state index in [0.29, 0.717) is 55.1 Å². The molecule has 0 saturated carbocycles. The largest absolute Gasteiger partial charge is 0.461 e. The van der Waals surface area contributed by atoms with Crippen LogP contribution in [-0.2, 0) is 11.8 Å². The number of nitriles is 1. The Balaban J connectivity index is 1.18. The molecule has 40 heavy (non-hydrogen) atoms. The number of nitrogens with two attached hydrogens (primary N) is 1. The number of aryl methyl sites for hydroxylation is 1. The maximum atomic E-state index is 14.4. The van der Waals surface area contributed by atoms with Gasteiger partial charge in [-0.25, -0.2) is 4.39 Å². The fourth-order valence-corrected chi connectivity index (χ4v) is 9.17. The lowest BCUT2D eigenvalue weighted by Crippen LogP contribution is -2.59. The number of rotatable bonds is 6. The third-order valence-corrected chi connectivity index (χ3v) is 11.3. The van der Waals surface area contributed by atoms with Crippen LogP contribution < -0.4 is 20.3 Å². The molecule has 6 heterocycles. The van der Waals surface area contributed by atoms with Crippen molar-refractivity contribution in [3.05, 3.63) is 16.0 Å². The maximum absolute atomic E-state index is 14.4. The predicted octanol–water partition coefficient (Wildman–Crippen LogP) is 2.64. The zero-order valence-corrected chi connectivity index (χ0v) is 23.8. The number of halogens is 1. The predicted molar refractivity (Wildman–Crippen MR) is 151 cm³/mol. The van der Waals surface area contributed by atoms with E-state index in [0.717, 1.165) is 57.2 Å². The Morgan fingerprint density at radius 1 is 1.20 bits per heavy atom. The first kappa shape index (κ1) is 26.2. The number of piperidine rings is 1. The van der Waals surface area contributed by atoms with Crippen molar-refractivity contribution in [2.45, 2.75) is 75.0 Å². The highest BCUT2D eigenvalue weighted by atomic mass is 32.1. The van der Waals surface area contributed by atoms with E-state index in [4.69, 9.17) is 25.4 Å². The first-order chi connectivity index (χ1) is 19.3. The molecule has 5 aliphatic rings. The first-order valence-corrected chi connectivity index (χ1v) is 15.4. The molecule has 0 bridgehead atoms. The smallest absolute Gasteiger partial charge is 0.323 e. The van der Waals surface area contributed by atoms with E-state index in [1.165, 1.54) is 4.88 Å². The van der Waals surface area contributed by atoms with Crippen LogP contribution in [0.15, 0.2) is 0 Å². The Morgan fingerprint density at radius 2 is 2.02 bits per heavy atom. The fourth-order valence-electron chi connectivity index (χ4n) is 8.03. The van der Waals surface area contributed by atoms with Crippen molar-refractivity contribution in [3.63, 3.8) is 0 Å². The van der Waals surface area contributed by atoms with Crippen LogP contribution in [0, 0.1) is 17.2 Å². The molecule has 7 rings (SSSR count). The highest BCUT2D eigenvalue weighted by Gasteiger charge is 2.53. The van der Waals surface area contributed by atoms with Gasteiger partial charge in [-0.15, -0.1) is 11.3 Å². The van der Waals surface area contributed by atoms with E-state index in [1.807, 2.05) is 0 Å². The number of aliphatic hydroxyl groups is 1. The lowest BCUT2D eigenvalue weighted by Gasteiger charge is -2.49. The Labute approximate surface area is 238 Å². The summed E-state index contributed by atoms with van der Waals surface area (Å²) in [5.41, 5.74) is 7.54. The van der Waals surface area contributed by atoms with Crippen molar-refractivity contribution in [2.24, 2.45) is 5.92 Å². The average molecular weight is 569 g/mol. The van der Waals surface area contributed by atoms with E-state index >= 15 is 0 Å². The number of anilines is 3. The molecule has 1 spiro atoms. The lowest BCUT2D eigenvalue weighted by molar-refractivity contribution is 0.107. The third kappa shape index (κ3) is 4.03. The first-order valence-electron chi connectivity index (χ1n) is 14.6. The SMILES string of the molecule is C[C@@H]1[C@H](CO)CCCN1c1nc(OC[C@@]23CCCN2CC(F)C3)nc(N2CC3(CCc4sc(N)c(C#N)c43)C2)n1. The van der Waals surface area contributed by atoms with E-state index in [9.17, 15) is 14.8 Å². The molecule has 214 valence electrons. The second kappa shape index (κ2) is 9.67. The Bertz CT molecular complexity index is 1340. The third-order valence-electron chi connectivity index (χ3n) is 10.2. The van der Waals surface area contributed by atoms with Gasteiger partial charge in [-0.3, -0.25) is 4.90 Å². The molecule has 4 aliphatic heterocycles. The molecule has 1 unspecified atom stereocenters. The van der Waals surface area contributed by atoms with Gasteiger partial charge < -0.3 is 25.4 Å². The molecule has 4 fully saturated rings. The monoisotopic (exact) mass is 568 g/mol. The number of aliphatic hydroxyl groups excluding tert-OH is 1. The van der Waals surface area contributed by atoms with Crippen molar-refractivity contribution < 1.29 is 14.2 Å². The molecule has 3 N–H and O–H groups in total. The van der Waals surface area contributed by atoms with Gasteiger partial charge in [0.1, 0.15) is 23.8 Å². The molecule has 2 aromatic heterocycles. The highest BCUT2D eigenvalue weighted by Crippen LogP contribution is 2.52. The summed E-state index contributed by atoms with van der Waals surface area (Å²) in [6.07, 6.45) is 5.49. The Morgan fingerprint density at radius 3 is 2.83 bits per heavy atom. The van der Waals surface area contributed by atoms with Gasteiger partial charge in [0.15, 0.2) is 0 Å². The number of aromatic nitrogens is 3. The Kier molecular flexibility index (Phi) is 6.33. The van der Waals surface area contributed by atoms with E-state index in [-0.39, 0.29) is 35.5 Å². The summed E-state index contributed by atoms with van der Waals surface area (Å²) in [5, 5.41) is 20.3. The van der Waals surface area contributed by atoms with Crippen LogP contribution in [0.1, 0.15) is 61.5 Å². The number of ether oxygens (including phenoxy) is 1. The van der Waals surface area contributed by atoms with Gasteiger partial charge in [-0.2, -0.15) is 20.2 Å². The molecule has 12 heteroatoms. The minimum atomic E-state index is -0.823. The van der Waals surface area contributed by atoms with Crippen molar-refractivity contribution in [2.75, 3.05) is 61.5 Å². The number of fused-ring (bicyclic) bond motifs is 3. The minimum Gasteiger partial charge on any atom is -0.461 e. The quantitative estimate of drug-likeness (QED) is 0.537. The van der Waals surface area contributed by atoms with Crippen molar-refractivity contribution in [3.8, 4) is 12.1 Å². The number of nitrogen functional groups attached to an aromatic ring is 1. The van der Waals surface area contributed by atoms with Gasteiger partial charge in [-0.1, -0.05) is 0 Å². The summed E-state index contributed by atoms with van der Waals surface area (Å²) < 4.78 is 20.7. The number of nitrogens with zero attached hydrogens (tertiary/aromatic N) is 7. The second-order valence-electron chi connectivity index (χ2n) is 12.5. The standard InChI is InChI=1S/C28H37FN8O2S/c1-17-18(13-38)4-2-9-37(17)25-32-24(33-26(34-25)39-16-28-6-3-8-36(28)12-19(29)10-28)35-14-27(15-35)7-5-21-22(27)20(11-30)23(31)40-21/h17-19,38H,2-10,12-16,31H2,1H3/t17-,18+,19?,28+/m1/s1. The zero-order chi connectivity index (χ0) is 27.6. The van der Waals surface area contributed by atoms with Gasteiger partial charge in [0.05, 0.1) is 11.1 Å². The maximum Gasteiger partial charge on any atom is 0.323 e. The molecule has 4 atom stereocenters. The molecule has 10 nitrogen and oxygen atoms in total. The van der Waals surface area contributed by atoms with Gasteiger partial charge in [-0.05, 0) is 57.6 Å². The molecule has 4 saturated heterocycles. The zero-order valence-electron chi connectivity index (χ0n) is 23.0. The fraction of sp³-hybridized carbons (Fsp3) is 0.714. The van der Waals surface area contributed by atoms with E-state index < -0.39 is 6.17 Å². The van der Waals surface area contributed by atoms with Crippen LogP contribution in [-0.4, -0.2) is 88.6 Å². The number of alkyl halides is 1. The van der Waals surface area contributed by atoms with Crippen LogP contribution in [0.2, 0.25) is 0 Å². The number of thiophene rings is 1. The van der Waals surface area contributed by atoms with Crippen LogP contribution in [0.25, 0.3) is 0 Å². The molecule has 2 aromatic rings. The van der Waals surface area contributed by atoms with Crippen molar-refractivity contribution >= 4 is 28.2 Å². The van der Waals surface area contributed by atoms with Gasteiger partial charge >= 0.3 is 6.01 Å². The lowest BCUT2D eigenvalue weighted by atomic mass is 9.74. The number of hydrogen-bond acceptors (Lipinski definition) is 11. The van der Waals surface area contributed by atoms with Crippen LogP contribution in [0.4, 0.5) is 21.3 Å². The molecule has 0 aromatic carbocycles. The summed E-state index contributed by atoms with van der Waals surface area (Å²) in [6, 6.07) is 2.70. The molecule has 0 radical (unpaired) electrons. The summed E-state index contributed by atoms with van der Waals surface area (Å²) in [7, 11) is 0. The van der Waals surface area contributed by atoms with Crippen LogP contribution >= 0.6 is 11.3 Å². The van der Waals surface area contributed by atoms with Gasteiger partial charge in [0.25, 0.3) is 0 Å². The molecule has 0 amide bonds. The highest BCUT2D eigenvalue weighted by molar-refractivity contribution is 7.16. The summed E-state index contributed by atoms with van der Waals surface area (Å²) in [4.78, 5) is 22.2. The Hall–Kier alpha value is -2.75. The summed E-state index contributed by atoms with van der Waals surface area (Å²) in [6.45, 7) is 6.20. The van der Waals surface area contributed by atoms with Crippen molar-refractivity contribution in [1.29, 1.82) is 5.26 Å². The molecular formula is C28H37FN8O2S.